The van der Waals surface area contributed by atoms with E-state index in [1.54, 1.807) is 10.8 Å². The summed E-state index contributed by atoms with van der Waals surface area (Å²) in [6.07, 6.45) is 4.91. The number of nitrogens with two attached hydrogens (primary N) is 1. The van der Waals surface area contributed by atoms with Crippen molar-refractivity contribution in [3.8, 4) is 17.3 Å². The molecule has 34 heavy (non-hydrogen) atoms. The normalized spacial score (nSPS) is 13.5. The van der Waals surface area contributed by atoms with Crippen molar-refractivity contribution in [1.29, 1.82) is 0 Å². The fourth-order valence-electron chi connectivity index (χ4n) is 3.86. The summed E-state index contributed by atoms with van der Waals surface area (Å²) in [6.45, 7) is 4.25. The van der Waals surface area contributed by atoms with Crippen LogP contribution in [0.1, 0.15) is 49.9 Å². The minimum atomic E-state index is -0.280. The second kappa shape index (κ2) is 8.99. The van der Waals surface area contributed by atoms with Crippen LogP contribution in [-0.2, 0) is 6.54 Å². The molecule has 10 nitrogen and oxygen atoms in total. The van der Waals surface area contributed by atoms with E-state index in [4.69, 9.17) is 5.14 Å². The van der Waals surface area contributed by atoms with Crippen molar-refractivity contribution in [2.24, 2.45) is 5.14 Å². The van der Waals surface area contributed by atoms with Gasteiger partial charge in [-0.1, -0.05) is 12.1 Å². The van der Waals surface area contributed by atoms with E-state index in [9.17, 15) is 9.90 Å². The molecular weight excluding hydrogens is 452 g/mol. The van der Waals surface area contributed by atoms with Gasteiger partial charge in [-0.25, -0.2) is 24.9 Å². The molecule has 1 aromatic carbocycles. The molecule has 1 fully saturated rings. The average Bonchev–Trinajstić information content (AvgIpc) is 3.68. The Bertz CT molecular complexity index is 1420. The zero-order valence-electron chi connectivity index (χ0n) is 18.8. The number of aromatic hydroxyl groups is 1. The van der Waals surface area contributed by atoms with Crippen LogP contribution in [-0.4, -0.2) is 34.6 Å². The molecule has 0 saturated heterocycles. The van der Waals surface area contributed by atoms with Gasteiger partial charge in [-0.15, -0.1) is 0 Å². The maximum atomic E-state index is 13.3. The van der Waals surface area contributed by atoms with Gasteiger partial charge < -0.3 is 10.4 Å². The highest BCUT2D eigenvalue weighted by Gasteiger charge is 2.31. The number of benzene rings is 1. The second-order valence-electron chi connectivity index (χ2n) is 8.48. The van der Waals surface area contributed by atoms with Crippen LogP contribution in [0.4, 0.5) is 5.82 Å². The molecule has 1 aliphatic rings. The summed E-state index contributed by atoms with van der Waals surface area (Å²) in [5.74, 6) is 0.596. The van der Waals surface area contributed by atoms with E-state index in [1.165, 1.54) is 18.3 Å². The first-order chi connectivity index (χ1) is 16.5. The van der Waals surface area contributed by atoms with Crippen LogP contribution in [0.2, 0.25) is 0 Å². The van der Waals surface area contributed by atoms with Crippen LogP contribution in [0.15, 0.2) is 46.5 Å². The van der Waals surface area contributed by atoms with E-state index in [0.717, 1.165) is 29.0 Å². The number of nitrogens with zero attached hydrogens (tertiary/aromatic N) is 6. The molecule has 0 amide bonds. The first kappa shape index (κ1) is 22.2. The minimum absolute atomic E-state index is 0.167. The molecule has 0 spiro atoms. The molecule has 1 aliphatic carbocycles. The van der Waals surface area contributed by atoms with Gasteiger partial charge in [0.25, 0.3) is 5.56 Å². The zero-order valence-corrected chi connectivity index (χ0v) is 19.6. The van der Waals surface area contributed by atoms with Crippen molar-refractivity contribution in [2.75, 3.05) is 5.32 Å². The highest BCUT2D eigenvalue weighted by atomic mass is 32.2. The lowest BCUT2D eigenvalue weighted by Crippen LogP contribution is -2.27. The Balaban J connectivity index is 1.56. The predicted molar refractivity (Wildman–Crippen MR) is 130 cm³/mol. The van der Waals surface area contributed by atoms with E-state index in [0.29, 0.717) is 23.3 Å². The monoisotopic (exact) mass is 476 g/mol. The standard InChI is InChI=1S/C23H24N8O2S/c1-12(2)31-21-16(29-20(23(31)33)25-9-13-3-7-15(34-24)8-4-13)10-26-19(30-21)17-18(14-5-6-14)27-11-28-22(17)32/h3-4,7-8,10-12,14H,5-6,9,24H2,1-2H3,(H,25,29)(H,27,28,32). The number of fused-ring (bicyclic) bond motifs is 1. The molecule has 3 heterocycles. The minimum Gasteiger partial charge on any atom is -0.493 e. The lowest BCUT2D eigenvalue weighted by atomic mass is 10.1. The quantitative estimate of drug-likeness (QED) is 0.339. The van der Waals surface area contributed by atoms with Gasteiger partial charge in [0, 0.05) is 23.4 Å². The summed E-state index contributed by atoms with van der Waals surface area (Å²) in [6, 6.07) is 7.58. The SMILES string of the molecule is CC(C)n1c(=O)c(NCc2ccc(SN)cc2)nc2cnc(-c3c(O)ncnc3C3CC3)nc21. The van der Waals surface area contributed by atoms with Crippen LogP contribution in [0.3, 0.4) is 0 Å². The Morgan fingerprint density at radius 3 is 2.62 bits per heavy atom. The van der Waals surface area contributed by atoms with Crippen molar-refractivity contribution < 1.29 is 5.11 Å². The Kier molecular flexibility index (Phi) is 5.88. The lowest BCUT2D eigenvalue weighted by Gasteiger charge is -2.16. The fourth-order valence-corrected chi connectivity index (χ4v) is 4.15. The summed E-state index contributed by atoms with van der Waals surface area (Å²) < 4.78 is 1.58. The van der Waals surface area contributed by atoms with Gasteiger partial charge >= 0.3 is 0 Å². The van der Waals surface area contributed by atoms with Gasteiger partial charge in [0.2, 0.25) is 5.88 Å². The smallest absolute Gasteiger partial charge is 0.295 e. The number of aromatic nitrogens is 6. The van der Waals surface area contributed by atoms with Gasteiger partial charge in [0.15, 0.2) is 17.3 Å². The Hall–Kier alpha value is -3.57. The van der Waals surface area contributed by atoms with Crippen molar-refractivity contribution in [1.82, 2.24) is 29.5 Å². The average molecular weight is 477 g/mol. The summed E-state index contributed by atoms with van der Waals surface area (Å²) in [7, 11) is 0. The van der Waals surface area contributed by atoms with Crippen LogP contribution in [0, 0.1) is 0 Å². The molecule has 3 aromatic heterocycles. The van der Waals surface area contributed by atoms with Gasteiger partial charge in [-0.2, -0.15) is 0 Å². The van der Waals surface area contributed by atoms with E-state index in [-0.39, 0.29) is 35.0 Å². The van der Waals surface area contributed by atoms with Gasteiger partial charge in [0.05, 0.1) is 11.9 Å². The summed E-state index contributed by atoms with van der Waals surface area (Å²) in [5.41, 5.74) is 2.72. The largest absolute Gasteiger partial charge is 0.493 e. The van der Waals surface area contributed by atoms with Crippen LogP contribution in [0.25, 0.3) is 22.6 Å². The number of rotatable bonds is 7. The number of hydrogen-bond acceptors (Lipinski definition) is 10. The summed E-state index contributed by atoms with van der Waals surface area (Å²) in [5, 5.41) is 19.2. The molecule has 11 heteroatoms. The Morgan fingerprint density at radius 1 is 1.18 bits per heavy atom. The van der Waals surface area contributed by atoms with E-state index >= 15 is 0 Å². The van der Waals surface area contributed by atoms with Crippen molar-refractivity contribution in [3.63, 3.8) is 0 Å². The first-order valence-corrected chi connectivity index (χ1v) is 11.9. The Morgan fingerprint density at radius 2 is 1.94 bits per heavy atom. The maximum Gasteiger partial charge on any atom is 0.295 e. The number of nitrogens with one attached hydrogen (secondary N) is 1. The molecule has 0 bridgehead atoms. The summed E-state index contributed by atoms with van der Waals surface area (Å²) >= 11 is 1.18. The van der Waals surface area contributed by atoms with Crippen LogP contribution >= 0.6 is 11.9 Å². The van der Waals surface area contributed by atoms with Crippen molar-refractivity contribution in [3.05, 3.63) is 58.4 Å². The molecule has 5 rings (SSSR count). The fraction of sp³-hybridized carbons (Fsp3) is 0.304. The molecule has 4 N–H and O–H groups in total. The first-order valence-electron chi connectivity index (χ1n) is 11.0. The maximum absolute atomic E-state index is 13.3. The molecule has 174 valence electrons. The second-order valence-corrected chi connectivity index (χ2v) is 9.19. The van der Waals surface area contributed by atoms with E-state index in [2.05, 4.69) is 30.2 Å². The van der Waals surface area contributed by atoms with E-state index < -0.39 is 0 Å². The van der Waals surface area contributed by atoms with Crippen molar-refractivity contribution in [2.45, 2.75) is 50.1 Å². The molecule has 4 aromatic rings. The van der Waals surface area contributed by atoms with Gasteiger partial charge in [-0.3, -0.25) is 14.5 Å². The lowest BCUT2D eigenvalue weighted by molar-refractivity contribution is 0.452. The number of anilines is 1. The van der Waals surface area contributed by atoms with Crippen LogP contribution < -0.4 is 16.0 Å². The molecule has 0 aliphatic heterocycles. The van der Waals surface area contributed by atoms with Crippen LogP contribution in [0.5, 0.6) is 5.88 Å². The predicted octanol–water partition coefficient (Wildman–Crippen LogP) is 3.39. The van der Waals surface area contributed by atoms with Gasteiger partial charge in [-0.05, 0) is 56.3 Å². The van der Waals surface area contributed by atoms with Crippen molar-refractivity contribution >= 4 is 28.9 Å². The Labute approximate surface area is 199 Å². The topological polar surface area (TPSA) is 145 Å². The molecule has 0 unspecified atom stereocenters. The third-order valence-corrected chi connectivity index (χ3v) is 6.26. The molecule has 1 saturated carbocycles. The molecule has 0 atom stereocenters. The number of hydrogen-bond donors (Lipinski definition) is 3. The highest BCUT2D eigenvalue weighted by molar-refractivity contribution is 7.97. The third-order valence-electron chi connectivity index (χ3n) is 5.71. The molecular formula is C23H24N8O2S. The zero-order chi connectivity index (χ0) is 23.8. The highest BCUT2D eigenvalue weighted by Crippen LogP contribution is 2.44. The summed E-state index contributed by atoms with van der Waals surface area (Å²) in [4.78, 5) is 36.2. The van der Waals surface area contributed by atoms with Gasteiger partial charge in [0.1, 0.15) is 17.4 Å². The van der Waals surface area contributed by atoms with E-state index in [1.807, 2.05) is 38.1 Å². The third kappa shape index (κ3) is 4.19. The molecule has 0 radical (unpaired) electrons.